The third-order valence-corrected chi connectivity index (χ3v) is 3.57. The van der Waals surface area contributed by atoms with E-state index in [4.69, 9.17) is 15.9 Å². The first-order valence-corrected chi connectivity index (χ1v) is 7.11. The maximum absolute atomic E-state index is 7.59. The first-order valence-electron chi connectivity index (χ1n) is 7.11. The van der Waals surface area contributed by atoms with Crippen LogP contribution in [0.25, 0.3) is 0 Å². The van der Waals surface area contributed by atoms with Crippen LogP contribution in [-0.2, 0) is 0 Å². The number of aryl methyl sites for hydroxylation is 1. The summed E-state index contributed by atoms with van der Waals surface area (Å²) in [5.74, 6) is 1.55. The van der Waals surface area contributed by atoms with Gasteiger partial charge in [-0.3, -0.25) is 5.41 Å². The molecule has 0 aliphatic carbocycles. The van der Waals surface area contributed by atoms with Crippen molar-refractivity contribution in [3.8, 4) is 11.6 Å². The Kier molecular flexibility index (Phi) is 4.58. The fourth-order valence-electron chi connectivity index (χ4n) is 2.03. The number of nitrogens with two attached hydrogens (primary N) is 1. The minimum atomic E-state index is -0.0475. The summed E-state index contributed by atoms with van der Waals surface area (Å²) in [6, 6.07) is 11.5. The van der Waals surface area contributed by atoms with E-state index in [1.807, 2.05) is 25.1 Å². The average molecular weight is 283 g/mol. The van der Waals surface area contributed by atoms with Gasteiger partial charge in [-0.25, -0.2) is 4.98 Å². The molecule has 1 atom stereocenters. The highest BCUT2D eigenvalue weighted by atomic mass is 16.5. The van der Waals surface area contributed by atoms with Gasteiger partial charge in [-0.15, -0.1) is 0 Å². The third-order valence-electron chi connectivity index (χ3n) is 3.57. The molecule has 0 radical (unpaired) electrons. The van der Waals surface area contributed by atoms with E-state index < -0.39 is 0 Å². The van der Waals surface area contributed by atoms with Crippen molar-refractivity contribution in [2.75, 3.05) is 0 Å². The maximum atomic E-state index is 7.59. The zero-order valence-electron chi connectivity index (χ0n) is 12.7. The van der Waals surface area contributed by atoms with E-state index in [9.17, 15) is 0 Å². The number of nitrogen functional groups attached to an aromatic ring is 1. The highest BCUT2D eigenvalue weighted by Gasteiger charge is 2.10. The van der Waals surface area contributed by atoms with E-state index in [1.54, 1.807) is 6.07 Å². The molecule has 0 aliphatic heterocycles. The van der Waals surface area contributed by atoms with E-state index in [-0.39, 0.29) is 5.84 Å². The average Bonchev–Trinajstić information content (AvgIpc) is 2.47. The number of hydrogen-bond acceptors (Lipinski definition) is 3. The minimum Gasteiger partial charge on any atom is -0.438 e. The van der Waals surface area contributed by atoms with E-state index in [0.29, 0.717) is 23.1 Å². The van der Waals surface area contributed by atoms with Crippen molar-refractivity contribution in [1.82, 2.24) is 4.98 Å². The van der Waals surface area contributed by atoms with Crippen molar-refractivity contribution in [1.29, 1.82) is 5.41 Å². The van der Waals surface area contributed by atoms with Gasteiger partial charge >= 0.3 is 0 Å². The van der Waals surface area contributed by atoms with Gasteiger partial charge in [-0.05, 0) is 49.1 Å². The SMILES string of the molecule is CCC(C)c1ccc(Oc2nc(C)ccc2C(=N)N)cc1. The molecule has 0 aliphatic rings. The number of ether oxygens (including phenoxy) is 1. The summed E-state index contributed by atoms with van der Waals surface area (Å²) in [6.07, 6.45) is 1.11. The van der Waals surface area contributed by atoms with Gasteiger partial charge in [0.2, 0.25) is 5.88 Å². The third kappa shape index (κ3) is 3.60. The number of amidine groups is 1. The summed E-state index contributed by atoms with van der Waals surface area (Å²) in [5, 5.41) is 7.59. The van der Waals surface area contributed by atoms with Gasteiger partial charge in [-0.1, -0.05) is 26.0 Å². The molecule has 4 nitrogen and oxygen atoms in total. The summed E-state index contributed by atoms with van der Waals surface area (Å²) in [4.78, 5) is 4.32. The largest absolute Gasteiger partial charge is 0.438 e. The van der Waals surface area contributed by atoms with E-state index >= 15 is 0 Å². The predicted octanol–water partition coefficient (Wildman–Crippen LogP) is 3.98. The molecule has 1 heterocycles. The van der Waals surface area contributed by atoms with Crippen LogP contribution in [0.1, 0.15) is 43.0 Å². The smallest absolute Gasteiger partial charge is 0.230 e. The lowest BCUT2D eigenvalue weighted by Crippen LogP contribution is -2.13. The topological polar surface area (TPSA) is 72.0 Å². The van der Waals surface area contributed by atoms with Crippen LogP contribution in [0.4, 0.5) is 0 Å². The Morgan fingerprint density at radius 2 is 1.90 bits per heavy atom. The normalized spacial score (nSPS) is 12.0. The maximum Gasteiger partial charge on any atom is 0.230 e. The first-order chi connectivity index (χ1) is 10.0. The van der Waals surface area contributed by atoms with Crippen LogP contribution in [-0.4, -0.2) is 10.8 Å². The number of aromatic nitrogens is 1. The number of nitrogens with zero attached hydrogens (tertiary/aromatic N) is 1. The van der Waals surface area contributed by atoms with E-state index in [0.717, 1.165) is 12.1 Å². The van der Waals surface area contributed by atoms with Gasteiger partial charge < -0.3 is 10.5 Å². The van der Waals surface area contributed by atoms with Crippen molar-refractivity contribution >= 4 is 5.84 Å². The van der Waals surface area contributed by atoms with Crippen molar-refractivity contribution in [3.63, 3.8) is 0 Å². The number of rotatable bonds is 5. The molecule has 2 aromatic rings. The van der Waals surface area contributed by atoms with Crippen molar-refractivity contribution < 1.29 is 4.74 Å². The van der Waals surface area contributed by atoms with Crippen LogP contribution in [0.5, 0.6) is 11.6 Å². The summed E-state index contributed by atoms with van der Waals surface area (Å²) in [5.41, 5.74) is 8.18. The number of hydrogen-bond donors (Lipinski definition) is 2. The van der Waals surface area contributed by atoms with Crippen LogP contribution in [0.3, 0.4) is 0 Å². The molecule has 21 heavy (non-hydrogen) atoms. The standard InChI is InChI=1S/C17H21N3O/c1-4-11(2)13-6-8-14(9-7-13)21-17-15(16(18)19)10-5-12(3)20-17/h5-11H,4H2,1-3H3,(H3,18,19). The Labute approximate surface area is 125 Å². The molecule has 4 heteroatoms. The van der Waals surface area contributed by atoms with Gasteiger partial charge in [0.15, 0.2) is 0 Å². The number of benzene rings is 1. The monoisotopic (exact) mass is 283 g/mol. The fraction of sp³-hybridized carbons (Fsp3) is 0.294. The molecule has 110 valence electrons. The summed E-state index contributed by atoms with van der Waals surface area (Å²) in [6.45, 7) is 6.25. The lowest BCUT2D eigenvalue weighted by atomic mass is 9.99. The van der Waals surface area contributed by atoms with Crippen LogP contribution in [0, 0.1) is 12.3 Å². The Morgan fingerprint density at radius 1 is 1.24 bits per heavy atom. The first kappa shape index (κ1) is 15.0. The second-order valence-electron chi connectivity index (χ2n) is 5.20. The summed E-state index contributed by atoms with van der Waals surface area (Å²) in [7, 11) is 0. The van der Waals surface area contributed by atoms with E-state index in [2.05, 4.69) is 31.0 Å². The van der Waals surface area contributed by atoms with Gasteiger partial charge in [-0.2, -0.15) is 0 Å². The lowest BCUT2D eigenvalue weighted by Gasteiger charge is -2.12. The molecular weight excluding hydrogens is 262 g/mol. The highest BCUT2D eigenvalue weighted by Crippen LogP contribution is 2.26. The molecule has 1 unspecified atom stereocenters. The zero-order chi connectivity index (χ0) is 15.4. The number of pyridine rings is 1. The molecule has 0 bridgehead atoms. The van der Waals surface area contributed by atoms with Crippen molar-refractivity contribution in [2.24, 2.45) is 5.73 Å². The fourth-order valence-corrected chi connectivity index (χ4v) is 2.03. The summed E-state index contributed by atoms with van der Waals surface area (Å²) < 4.78 is 5.79. The minimum absolute atomic E-state index is 0.0475. The van der Waals surface area contributed by atoms with E-state index in [1.165, 1.54) is 5.56 Å². The molecular formula is C17H21N3O. The second kappa shape index (κ2) is 6.39. The molecule has 0 spiro atoms. The predicted molar refractivity (Wildman–Crippen MR) is 85.2 cm³/mol. The second-order valence-corrected chi connectivity index (χ2v) is 5.20. The summed E-state index contributed by atoms with van der Waals surface area (Å²) >= 11 is 0. The quantitative estimate of drug-likeness (QED) is 0.644. The highest BCUT2D eigenvalue weighted by molar-refractivity contribution is 5.97. The molecule has 0 amide bonds. The Balaban J connectivity index is 2.26. The number of nitrogens with one attached hydrogen (secondary N) is 1. The molecule has 0 saturated carbocycles. The molecule has 0 saturated heterocycles. The van der Waals surface area contributed by atoms with Crippen LogP contribution < -0.4 is 10.5 Å². The van der Waals surface area contributed by atoms with Gasteiger partial charge in [0.1, 0.15) is 11.6 Å². The van der Waals surface area contributed by atoms with Crippen molar-refractivity contribution in [3.05, 3.63) is 53.2 Å². The Bertz CT molecular complexity index is 635. The van der Waals surface area contributed by atoms with Gasteiger partial charge in [0, 0.05) is 5.69 Å². The van der Waals surface area contributed by atoms with Crippen LogP contribution in [0.15, 0.2) is 36.4 Å². The molecule has 1 aromatic carbocycles. The Morgan fingerprint density at radius 3 is 2.48 bits per heavy atom. The molecule has 2 rings (SSSR count). The van der Waals surface area contributed by atoms with Gasteiger partial charge in [0.05, 0.1) is 5.56 Å². The Hall–Kier alpha value is -2.36. The molecule has 3 N–H and O–H groups in total. The lowest BCUT2D eigenvalue weighted by molar-refractivity contribution is 0.460. The van der Waals surface area contributed by atoms with Crippen molar-refractivity contribution in [2.45, 2.75) is 33.1 Å². The molecule has 1 aromatic heterocycles. The zero-order valence-corrected chi connectivity index (χ0v) is 12.7. The van der Waals surface area contributed by atoms with Gasteiger partial charge in [0.25, 0.3) is 0 Å². The molecule has 0 fully saturated rings. The van der Waals surface area contributed by atoms with Crippen LogP contribution in [0.2, 0.25) is 0 Å². The van der Waals surface area contributed by atoms with Crippen LogP contribution >= 0.6 is 0 Å².